The summed E-state index contributed by atoms with van der Waals surface area (Å²) in [6.07, 6.45) is 2.25. The minimum Gasteiger partial charge on any atom is -0.364 e. The molecule has 0 aliphatic carbocycles. The largest absolute Gasteiger partial charge is 0.374 e. The van der Waals surface area contributed by atoms with Crippen LogP contribution in [0.4, 0.5) is 27.8 Å². The second-order valence-electron chi connectivity index (χ2n) is 7.64. The van der Waals surface area contributed by atoms with Crippen molar-refractivity contribution in [2.24, 2.45) is 0 Å². The van der Waals surface area contributed by atoms with Gasteiger partial charge in [-0.05, 0) is 29.3 Å². The van der Waals surface area contributed by atoms with E-state index in [1.807, 2.05) is 30.3 Å². The van der Waals surface area contributed by atoms with Gasteiger partial charge in [0.15, 0.2) is 34.4 Å². The van der Waals surface area contributed by atoms with Crippen molar-refractivity contribution in [3.63, 3.8) is 0 Å². The third-order valence-corrected chi connectivity index (χ3v) is 5.43. The fourth-order valence-corrected chi connectivity index (χ4v) is 3.67. The highest BCUT2D eigenvalue weighted by molar-refractivity contribution is 6.28. The summed E-state index contributed by atoms with van der Waals surface area (Å²) < 4.78 is 71.8. The van der Waals surface area contributed by atoms with Gasteiger partial charge < -0.3 is 9.88 Å². The Morgan fingerprint density at radius 2 is 1.75 bits per heavy atom. The first-order chi connectivity index (χ1) is 17.2. The second-order valence-corrected chi connectivity index (χ2v) is 7.98. The Kier molecular flexibility index (Phi) is 6.00. The number of rotatable bonds is 7. The van der Waals surface area contributed by atoms with Crippen LogP contribution in [0.5, 0.6) is 0 Å². The monoisotopic (exact) mass is 520 g/mol. The summed E-state index contributed by atoms with van der Waals surface area (Å²) >= 11 is 6.08. The summed E-state index contributed by atoms with van der Waals surface area (Å²) in [5.41, 5.74) is 0.329. The first-order valence-corrected chi connectivity index (χ1v) is 10.7. The quantitative estimate of drug-likeness (QED) is 0.189. The number of hydrogen-bond donors (Lipinski definition) is 1. The third-order valence-electron chi connectivity index (χ3n) is 5.26. The van der Waals surface area contributed by atoms with E-state index >= 15 is 0 Å². The van der Waals surface area contributed by atoms with Crippen molar-refractivity contribution in [1.29, 1.82) is 0 Å². The smallest absolute Gasteiger partial charge is 0.364 e. The molecule has 5 rings (SSSR count). The van der Waals surface area contributed by atoms with Gasteiger partial charge in [0, 0.05) is 6.54 Å². The molecule has 36 heavy (non-hydrogen) atoms. The molecule has 0 saturated carbocycles. The van der Waals surface area contributed by atoms with E-state index < -0.39 is 29.1 Å². The Labute approximate surface area is 204 Å². The van der Waals surface area contributed by atoms with Crippen LogP contribution in [0.3, 0.4) is 0 Å². The number of nitrogens with one attached hydrogen (secondary N) is 1. The molecule has 0 radical (unpaired) electrons. The van der Waals surface area contributed by atoms with Crippen molar-refractivity contribution in [1.82, 2.24) is 34.5 Å². The summed E-state index contributed by atoms with van der Waals surface area (Å²) in [6.45, 7) is 0.346. The summed E-state index contributed by atoms with van der Waals surface area (Å²) in [7, 11) is 0. The third kappa shape index (κ3) is 4.33. The molecular formula is C22H14ClF5N8. The standard InChI is InChI=1S/C22H14ClF5N8/c23-21-31-19(29-8-12-4-2-1-3-5-12)18-20(32-21)35(11-30-18)9-13-10-36(34-33-13)22(27,28)14-6-7-15(24)17(26)16(14)25/h1-7,10-11H,8-9H2,(H,29,31,32). The predicted octanol–water partition coefficient (Wildman–Crippen LogP) is 4.75. The summed E-state index contributed by atoms with van der Waals surface area (Å²) in [5, 5.41) is 10.1. The highest BCUT2D eigenvalue weighted by Crippen LogP contribution is 2.33. The SMILES string of the molecule is Fc1ccc(C(F)(F)n2cc(Cn3cnc4c(NCc5ccccc5)nc(Cl)nc43)nn2)c(F)c1F. The van der Waals surface area contributed by atoms with E-state index in [9.17, 15) is 22.0 Å². The van der Waals surface area contributed by atoms with Gasteiger partial charge in [0.2, 0.25) is 5.28 Å². The number of anilines is 1. The Balaban J connectivity index is 1.41. The maximum absolute atomic E-state index is 14.8. The Bertz CT molecular complexity index is 1550. The zero-order valence-electron chi connectivity index (χ0n) is 18.0. The fraction of sp³-hybridized carbons (Fsp3) is 0.136. The molecule has 0 amide bonds. The van der Waals surface area contributed by atoms with Crippen molar-refractivity contribution < 1.29 is 22.0 Å². The van der Waals surface area contributed by atoms with Crippen molar-refractivity contribution >= 4 is 28.6 Å². The average Bonchev–Trinajstić information content (AvgIpc) is 3.50. The Morgan fingerprint density at radius 3 is 2.53 bits per heavy atom. The molecule has 0 unspecified atom stereocenters. The molecule has 14 heteroatoms. The molecule has 0 spiro atoms. The molecule has 0 fully saturated rings. The van der Waals surface area contributed by atoms with E-state index in [2.05, 4.69) is 30.6 Å². The highest BCUT2D eigenvalue weighted by atomic mass is 35.5. The zero-order valence-corrected chi connectivity index (χ0v) is 18.8. The topological polar surface area (TPSA) is 86.3 Å². The van der Waals surface area contributed by atoms with Gasteiger partial charge >= 0.3 is 6.05 Å². The molecule has 0 bridgehead atoms. The first-order valence-electron chi connectivity index (χ1n) is 10.3. The molecule has 5 aromatic rings. The highest BCUT2D eigenvalue weighted by Gasteiger charge is 2.40. The minimum atomic E-state index is -4.14. The summed E-state index contributed by atoms with van der Waals surface area (Å²) in [4.78, 5) is 12.6. The molecular weight excluding hydrogens is 507 g/mol. The van der Waals surface area contributed by atoms with Crippen molar-refractivity contribution in [3.05, 3.63) is 94.5 Å². The van der Waals surface area contributed by atoms with Crippen LogP contribution in [0.15, 0.2) is 55.0 Å². The Morgan fingerprint density at radius 1 is 0.972 bits per heavy atom. The maximum atomic E-state index is 14.8. The molecule has 0 saturated heterocycles. The van der Waals surface area contributed by atoms with Crippen LogP contribution in [0.1, 0.15) is 16.8 Å². The van der Waals surface area contributed by atoms with Gasteiger partial charge in [0.1, 0.15) is 5.69 Å². The molecule has 0 atom stereocenters. The van der Waals surface area contributed by atoms with Crippen molar-refractivity contribution in [2.75, 3.05) is 5.32 Å². The van der Waals surface area contributed by atoms with Gasteiger partial charge in [-0.15, -0.1) is 5.10 Å². The van der Waals surface area contributed by atoms with E-state index in [0.29, 0.717) is 35.7 Å². The number of imidazole rings is 1. The van der Waals surface area contributed by atoms with Crippen LogP contribution in [0.25, 0.3) is 11.2 Å². The predicted molar refractivity (Wildman–Crippen MR) is 119 cm³/mol. The number of nitrogens with zero attached hydrogens (tertiary/aromatic N) is 7. The molecule has 3 heterocycles. The molecule has 3 aromatic heterocycles. The van der Waals surface area contributed by atoms with Crippen LogP contribution in [0, 0.1) is 17.5 Å². The van der Waals surface area contributed by atoms with Gasteiger partial charge in [0.05, 0.1) is 24.6 Å². The Hall–Kier alpha value is -4.13. The average molecular weight is 521 g/mol. The van der Waals surface area contributed by atoms with E-state index in [0.717, 1.165) is 11.8 Å². The lowest BCUT2D eigenvalue weighted by atomic mass is 10.1. The number of benzene rings is 2. The second kappa shape index (κ2) is 9.15. The maximum Gasteiger partial charge on any atom is 0.374 e. The van der Waals surface area contributed by atoms with Crippen LogP contribution < -0.4 is 5.32 Å². The van der Waals surface area contributed by atoms with Gasteiger partial charge in [-0.1, -0.05) is 35.5 Å². The van der Waals surface area contributed by atoms with Gasteiger partial charge in [0.25, 0.3) is 0 Å². The lowest BCUT2D eigenvalue weighted by Crippen LogP contribution is -2.27. The van der Waals surface area contributed by atoms with Gasteiger partial charge in [-0.25, -0.2) is 18.2 Å². The first kappa shape index (κ1) is 23.6. The summed E-state index contributed by atoms with van der Waals surface area (Å²) in [5.74, 6) is -5.24. The lowest BCUT2D eigenvalue weighted by Gasteiger charge is -2.17. The van der Waals surface area contributed by atoms with Crippen molar-refractivity contribution in [2.45, 2.75) is 19.1 Å². The van der Waals surface area contributed by atoms with Crippen LogP contribution in [-0.2, 0) is 19.1 Å². The van der Waals surface area contributed by atoms with E-state index in [1.165, 1.54) is 10.9 Å². The summed E-state index contributed by atoms with van der Waals surface area (Å²) in [6, 6.07) is 6.25. The number of halogens is 6. The zero-order chi connectivity index (χ0) is 25.4. The van der Waals surface area contributed by atoms with Gasteiger partial charge in [-0.2, -0.15) is 23.4 Å². The minimum absolute atomic E-state index is 0.0329. The van der Waals surface area contributed by atoms with E-state index in [1.54, 1.807) is 0 Å². The normalized spacial score (nSPS) is 11.8. The van der Waals surface area contributed by atoms with Crippen LogP contribution in [-0.4, -0.2) is 34.5 Å². The van der Waals surface area contributed by atoms with Crippen molar-refractivity contribution in [3.8, 4) is 0 Å². The molecule has 0 aliphatic rings. The molecule has 184 valence electrons. The van der Waals surface area contributed by atoms with Crippen LogP contribution in [0.2, 0.25) is 5.28 Å². The lowest BCUT2D eigenvalue weighted by molar-refractivity contribution is -0.0533. The van der Waals surface area contributed by atoms with Gasteiger partial charge in [-0.3, -0.25) is 0 Å². The van der Waals surface area contributed by atoms with E-state index in [-0.39, 0.29) is 22.2 Å². The fourth-order valence-electron chi connectivity index (χ4n) is 3.50. The molecule has 2 aromatic carbocycles. The molecule has 0 aliphatic heterocycles. The number of alkyl halides is 2. The molecule has 8 nitrogen and oxygen atoms in total. The van der Waals surface area contributed by atoms with E-state index in [4.69, 9.17) is 11.6 Å². The number of aromatic nitrogens is 7. The number of hydrogen-bond acceptors (Lipinski definition) is 6. The molecule has 1 N–H and O–H groups in total. The van der Waals surface area contributed by atoms with Crippen LogP contribution >= 0.6 is 11.6 Å². The number of fused-ring (bicyclic) bond motifs is 1.